The minimum atomic E-state index is -4.64. The summed E-state index contributed by atoms with van der Waals surface area (Å²) in [5.41, 5.74) is 0. The molecule has 7 N–H and O–H groups in total. The van der Waals surface area contributed by atoms with Crippen LogP contribution in [0.2, 0.25) is 0 Å². The molecule has 0 radical (unpaired) electrons. The van der Waals surface area contributed by atoms with Gasteiger partial charge in [-0.1, -0.05) is 0 Å². The number of aliphatic hydroxyl groups excluding tert-OH is 1. The van der Waals surface area contributed by atoms with E-state index in [1.807, 2.05) is 0 Å². The maximum absolute atomic E-state index is 10.9. The van der Waals surface area contributed by atoms with Gasteiger partial charge in [0.25, 0.3) is 20.2 Å². The Balaban J connectivity index is 4.89. The molecule has 15 heteroatoms. The molecule has 13 nitrogen and oxygen atoms in total. The maximum Gasteiger partial charge on any atom is 0.321 e. The van der Waals surface area contributed by atoms with Crippen LogP contribution in [-0.4, -0.2) is 96.0 Å². The second kappa shape index (κ2) is 9.21. The molecular weight excluding hydrogens is 376 g/mol. The Morgan fingerprint density at radius 3 is 1.62 bits per heavy atom. The Labute approximate surface area is 137 Å². The molecule has 0 heterocycles. The molecule has 0 aromatic carbocycles. The van der Waals surface area contributed by atoms with E-state index in [1.54, 1.807) is 0 Å². The molecule has 0 amide bonds. The van der Waals surface area contributed by atoms with Gasteiger partial charge >= 0.3 is 11.9 Å². The van der Waals surface area contributed by atoms with Crippen molar-refractivity contribution in [2.45, 2.75) is 18.1 Å². The summed E-state index contributed by atoms with van der Waals surface area (Å²) in [7, 11) is -9.26. The molecule has 0 aliphatic carbocycles. The lowest BCUT2D eigenvalue weighted by Gasteiger charge is -2.23. The quantitative estimate of drug-likeness (QED) is 0.158. The summed E-state index contributed by atoms with van der Waals surface area (Å²) < 4.78 is 60.2. The van der Waals surface area contributed by atoms with Gasteiger partial charge in [-0.2, -0.15) is 16.8 Å². The van der Waals surface area contributed by atoms with Crippen molar-refractivity contribution in [3.63, 3.8) is 0 Å². The highest BCUT2D eigenvalue weighted by atomic mass is 32.2. The second-order valence-corrected chi connectivity index (χ2v) is 7.73. The SMILES string of the molecule is O=C(O)[C@H](CS(=O)(=O)O)NCC(CO)N[C@@H](CS(=O)(=O)O)C(=O)O. The first-order chi connectivity index (χ1) is 10.7. The highest BCUT2D eigenvalue weighted by molar-refractivity contribution is 7.86. The van der Waals surface area contributed by atoms with E-state index in [1.165, 1.54) is 0 Å². The predicted molar refractivity (Wildman–Crippen MR) is 77.7 cm³/mol. The lowest BCUT2D eigenvalue weighted by Crippen LogP contribution is -2.54. The summed E-state index contributed by atoms with van der Waals surface area (Å²) in [5.74, 6) is -5.66. The largest absolute Gasteiger partial charge is 0.480 e. The van der Waals surface area contributed by atoms with E-state index < -0.39 is 75.0 Å². The van der Waals surface area contributed by atoms with Gasteiger partial charge in [-0.3, -0.25) is 24.0 Å². The van der Waals surface area contributed by atoms with Gasteiger partial charge in [-0.25, -0.2) is 0 Å². The monoisotopic (exact) mass is 394 g/mol. The molecule has 0 saturated carbocycles. The van der Waals surface area contributed by atoms with Crippen LogP contribution in [0.5, 0.6) is 0 Å². The van der Waals surface area contributed by atoms with Crippen molar-refractivity contribution in [2.75, 3.05) is 24.7 Å². The van der Waals surface area contributed by atoms with E-state index in [-0.39, 0.29) is 0 Å². The van der Waals surface area contributed by atoms with Crippen LogP contribution in [-0.2, 0) is 29.8 Å². The molecule has 0 bridgehead atoms. The number of nitrogens with one attached hydrogen (secondary N) is 2. The fourth-order valence-electron chi connectivity index (χ4n) is 1.57. The van der Waals surface area contributed by atoms with Crippen molar-refractivity contribution < 1.29 is 50.8 Å². The molecular formula is C9H18N2O11S2. The van der Waals surface area contributed by atoms with Crippen molar-refractivity contribution in [1.29, 1.82) is 0 Å². The zero-order valence-electron chi connectivity index (χ0n) is 12.1. The molecule has 1 unspecified atom stereocenters. The normalized spacial score (nSPS) is 16.3. The third-order valence-corrected chi connectivity index (χ3v) is 4.13. The Morgan fingerprint density at radius 2 is 1.29 bits per heavy atom. The van der Waals surface area contributed by atoms with E-state index >= 15 is 0 Å². The average Bonchev–Trinajstić information content (AvgIpc) is 2.37. The molecule has 24 heavy (non-hydrogen) atoms. The molecule has 0 aromatic heterocycles. The zero-order valence-corrected chi connectivity index (χ0v) is 13.7. The first kappa shape index (κ1) is 22.6. The van der Waals surface area contributed by atoms with Gasteiger partial charge in [0.15, 0.2) is 0 Å². The number of hydrogen-bond donors (Lipinski definition) is 7. The summed E-state index contributed by atoms with van der Waals surface area (Å²) in [6.45, 7) is -1.24. The minimum absolute atomic E-state index is 0.474. The lowest BCUT2D eigenvalue weighted by atomic mass is 10.2. The van der Waals surface area contributed by atoms with Gasteiger partial charge < -0.3 is 20.6 Å². The topological polar surface area (TPSA) is 228 Å². The molecule has 3 atom stereocenters. The standard InChI is InChI=1S/C9H18N2O11S2/c12-2-5(11-7(9(15)16)4-24(20,21)22)1-10-6(8(13)14)3-23(17,18)19/h5-7,10-12H,1-4H2,(H,13,14)(H,15,16)(H,17,18,19)(H,20,21,22)/t5?,6-,7-/m0/s1. The van der Waals surface area contributed by atoms with Crippen molar-refractivity contribution >= 4 is 32.2 Å². The average molecular weight is 394 g/mol. The van der Waals surface area contributed by atoms with E-state index in [0.29, 0.717) is 0 Å². The van der Waals surface area contributed by atoms with Crippen LogP contribution in [0, 0.1) is 0 Å². The number of hydrogen-bond acceptors (Lipinski definition) is 9. The molecule has 0 saturated heterocycles. The second-order valence-electron chi connectivity index (χ2n) is 4.73. The number of carboxylic acids is 2. The van der Waals surface area contributed by atoms with Gasteiger partial charge in [0.2, 0.25) is 0 Å². The van der Waals surface area contributed by atoms with Crippen LogP contribution in [0.4, 0.5) is 0 Å². The molecule has 0 aliphatic heterocycles. The maximum atomic E-state index is 10.9. The van der Waals surface area contributed by atoms with Crippen molar-refractivity contribution in [3.05, 3.63) is 0 Å². The smallest absolute Gasteiger partial charge is 0.321 e. The van der Waals surface area contributed by atoms with Crippen LogP contribution in [0.1, 0.15) is 0 Å². The van der Waals surface area contributed by atoms with Gasteiger partial charge in [0.05, 0.1) is 6.61 Å². The molecule has 0 aromatic rings. The molecule has 0 aliphatic rings. The van der Waals surface area contributed by atoms with Crippen LogP contribution >= 0.6 is 0 Å². The Bertz CT molecular complexity index is 644. The fourth-order valence-corrected chi connectivity index (χ4v) is 2.92. The summed E-state index contributed by atoms with van der Waals surface area (Å²) in [6, 6.07) is -4.74. The first-order valence-corrected chi connectivity index (χ1v) is 9.43. The van der Waals surface area contributed by atoms with Gasteiger partial charge in [0.1, 0.15) is 23.6 Å². The summed E-state index contributed by atoms with van der Waals surface area (Å²) in [4.78, 5) is 21.8. The lowest BCUT2D eigenvalue weighted by molar-refractivity contribution is -0.140. The molecule has 0 rings (SSSR count). The van der Waals surface area contributed by atoms with Crippen molar-refractivity contribution in [2.24, 2.45) is 0 Å². The zero-order chi connectivity index (χ0) is 19.1. The summed E-state index contributed by atoms with van der Waals surface area (Å²) in [5, 5.41) is 31.1. The van der Waals surface area contributed by atoms with E-state index in [4.69, 9.17) is 24.4 Å². The number of aliphatic carboxylic acids is 2. The summed E-state index contributed by atoms with van der Waals surface area (Å²) in [6.07, 6.45) is 0. The van der Waals surface area contributed by atoms with Crippen LogP contribution in [0.15, 0.2) is 0 Å². The van der Waals surface area contributed by atoms with Crippen molar-refractivity contribution in [1.82, 2.24) is 10.6 Å². The minimum Gasteiger partial charge on any atom is -0.480 e. The third kappa shape index (κ3) is 10.4. The van der Waals surface area contributed by atoms with Gasteiger partial charge in [0, 0.05) is 12.6 Å². The number of carbonyl (C=O) groups is 2. The highest BCUT2D eigenvalue weighted by Crippen LogP contribution is 1.97. The molecule has 0 fully saturated rings. The van der Waals surface area contributed by atoms with Crippen molar-refractivity contribution in [3.8, 4) is 0 Å². The Kier molecular flexibility index (Phi) is 8.69. The van der Waals surface area contributed by atoms with Crippen LogP contribution < -0.4 is 10.6 Å². The number of rotatable bonds is 12. The number of aliphatic hydroxyl groups is 1. The Morgan fingerprint density at radius 1 is 0.875 bits per heavy atom. The van der Waals surface area contributed by atoms with E-state index in [9.17, 15) is 26.4 Å². The highest BCUT2D eigenvalue weighted by Gasteiger charge is 2.28. The molecule has 0 spiro atoms. The Hall–Kier alpha value is -1.36. The first-order valence-electron chi connectivity index (χ1n) is 6.21. The number of carboxylic acid groups (broad SMARTS) is 2. The molecule has 142 valence electrons. The van der Waals surface area contributed by atoms with Crippen LogP contribution in [0.25, 0.3) is 0 Å². The van der Waals surface area contributed by atoms with Gasteiger partial charge in [-0.15, -0.1) is 0 Å². The third-order valence-electron chi connectivity index (χ3n) is 2.62. The van der Waals surface area contributed by atoms with Gasteiger partial charge in [-0.05, 0) is 0 Å². The van der Waals surface area contributed by atoms with Crippen LogP contribution in [0.3, 0.4) is 0 Å². The fraction of sp³-hybridized carbons (Fsp3) is 0.778. The van der Waals surface area contributed by atoms with E-state index in [2.05, 4.69) is 10.6 Å². The summed E-state index contributed by atoms with van der Waals surface area (Å²) >= 11 is 0. The van der Waals surface area contributed by atoms with E-state index in [0.717, 1.165) is 0 Å². The predicted octanol–water partition coefficient (Wildman–Crippen LogP) is -3.79.